The van der Waals surface area contributed by atoms with E-state index in [1.807, 2.05) is 6.26 Å². The summed E-state index contributed by atoms with van der Waals surface area (Å²) in [5.74, 6) is 0.858. The van der Waals surface area contributed by atoms with Crippen molar-refractivity contribution < 1.29 is 9.59 Å². The summed E-state index contributed by atoms with van der Waals surface area (Å²) in [6, 6.07) is -0.430. The highest BCUT2D eigenvalue weighted by Gasteiger charge is 2.22. The van der Waals surface area contributed by atoms with Crippen LogP contribution >= 0.6 is 11.8 Å². The number of rotatable bonds is 4. The number of amides is 2. The zero-order valence-corrected chi connectivity index (χ0v) is 10.4. The Morgan fingerprint density at radius 2 is 2.38 bits per heavy atom. The number of hydrogen-bond acceptors (Lipinski definition) is 4. The van der Waals surface area contributed by atoms with E-state index in [9.17, 15) is 9.59 Å². The molecule has 0 spiro atoms. The average molecular weight is 245 g/mol. The third-order valence-electron chi connectivity index (χ3n) is 2.57. The van der Waals surface area contributed by atoms with Crippen molar-refractivity contribution in [1.82, 2.24) is 10.2 Å². The number of nitrogens with one attached hydrogen (secondary N) is 1. The van der Waals surface area contributed by atoms with Gasteiger partial charge in [-0.3, -0.25) is 9.59 Å². The largest absolute Gasteiger partial charge is 0.354 e. The van der Waals surface area contributed by atoms with Crippen LogP contribution in [-0.4, -0.2) is 54.4 Å². The number of thioether (sulfide) groups is 1. The molecule has 6 heteroatoms. The zero-order chi connectivity index (χ0) is 12.0. The van der Waals surface area contributed by atoms with E-state index >= 15 is 0 Å². The molecule has 1 saturated heterocycles. The van der Waals surface area contributed by atoms with Gasteiger partial charge in [-0.2, -0.15) is 11.8 Å². The second kappa shape index (κ2) is 6.75. The smallest absolute Gasteiger partial charge is 0.239 e. The molecule has 5 nitrogen and oxygen atoms in total. The van der Waals surface area contributed by atoms with Crippen molar-refractivity contribution in [2.45, 2.75) is 18.9 Å². The first kappa shape index (κ1) is 13.3. The van der Waals surface area contributed by atoms with Gasteiger partial charge in [0.15, 0.2) is 0 Å². The summed E-state index contributed by atoms with van der Waals surface area (Å²) in [7, 11) is 0. The lowest BCUT2D eigenvalue weighted by Gasteiger charge is -2.23. The molecule has 3 N–H and O–H groups in total. The van der Waals surface area contributed by atoms with Crippen LogP contribution in [0.1, 0.15) is 12.8 Å². The molecule has 0 aromatic heterocycles. The summed E-state index contributed by atoms with van der Waals surface area (Å²) in [5, 5.41) is 2.73. The number of hydrogen-bond donors (Lipinski definition) is 2. The minimum atomic E-state index is -0.430. The normalized spacial score (nSPS) is 18.9. The van der Waals surface area contributed by atoms with Gasteiger partial charge in [-0.05, 0) is 18.4 Å². The van der Waals surface area contributed by atoms with Crippen molar-refractivity contribution in [1.29, 1.82) is 0 Å². The van der Waals surface area contributed by atoms with Crippen LogP contribution in [0.3, 0.4) is 0 Å². The summed E-state index contributed by atoms with van der Waals surface area (Å²) >= 11 is 1.68. The summed E-state index contributed by atoms with van der Waals surface area (Å²) < 4.78 is 0. The fourth-order valence-electron chi connectivity index (χ4n) is 1.59. The lowest BCUT2D eigenvalue weighted by molar-refractivity contribution is -0.132. The molecular weight excluding hydrogens is 226 g/mol. The number of nitrogens with two attached hydrogens (primary N) is 1. The van der Waals surface area contributed by atoms with Crippen molar-refractivity contribution >= 4 is 23.6 Å². The molecule has 1 aliphatic heterocycles. The van der Waals surface area contributed by atoms with E-state index in [1.54, 1.807) is 16.7 Å². The number of nitrogens with zero attached hydrogens (tertiary/aromatic N) is 1. The Morgan fingerprint density at radius 3 is 3.06 bits per heavy atom. The van der Waals surface area contributed by atoms with Crippen LogP contribution in [-0.2, 0) is 9.59 Å². The van der Waals surface area contributed by atoms with Gasteiger partial charge in [-0.25, -0.2) is 0 Å². The maximum absolute atomic E-state index is 11.9. The third-order valence-corrected chi connectivity index (χ3v) is 3.22. The van der Waals surface area contributed by atoms with Crippen LogP contribution in [0.4, 0.5) is 0 Å². The molecule has 0 radical (unpaired) electrons. The molecule has 1 fully saturated rings. The summed E-state index contributed by atoms with van der Waals surface area (Å²) in [4.78, 5) is 24.7. The Labute approximate surface area is 100 Å². The average Bonchev–Trinajstić information content (AvgIpc) is 2.50. The maximum atomic E-state index is 11.9. The van der Waals surface area contributed by atoms with Crippen molar-refractivity contribution in [3.8, 4) is 0 Å². The van der Waals surface area contributed by atoms with E-state index in [2.05, 4.69) is 5.32 Å². The highest BCUT2D eigenvalue weighted by atomic mass is 32.2. The number of carbonyl (C=O) groups is 2. The topological polar surface area (TPSA) is 75.4 Å². The molecule has 0 aromatic carbocycles. The third kappa shape index (κ3) is 4.02. The molecule has 1 aliphatic rings. The highest BCUT2D eigenvalue weighted by Crippen LogP contribution is 2.04. The Balaban J connectivity index is 2.42. The molecular formula is C10H19N3O2S. The Morgan fingerprint density at radius 1 is 1.62 bits per heavy atom. The summed E-state index contributed by atoms with van der Waals surface area (Å²) in [6.45, 7) is 1.58. The van der Waals surface area contributed by atoms with Crippen LogP contribution in [0.25, 0.3) is 0 Å². The van der Waals surface area contributed by atoms with Crippen molar-refractivity contribution in [2.75, 3.05) is 31.6 Å². The van der Waals surface area contributed by atoms with Crippen molar-refractivity contribution in [2.24, 2.45) is 5.73 Å². The van der Waals surface area contributed by atoms with Gasteiger partial charge in [0.25, 0.3) is 0 Å². The predicted molar refractivity (Wildman–Crippen MR) is 65.2 cm³/mol. The van der Waals surface area contributed by atoms with Gasteiger partial charge in [0.05, 0.1) is 6.04 Å². The first-order valence-electron chi connectivity index (χ1n) is 5.45. The minimum absolute atomic E-state index is 0.00739. The summed E-state index contributed by atoms with van der Waals surface area (Å²) in [6.07, 6.45) is 3.06. The monoisotopic (exact) mass is 245 g/mol. The van der Waals surface area contributed by atoms with Gasteiger partial charge in [0, 0.05) is 26.1 Å². The Hall–Kier alpha value is -0.750. The molecule has 0 unspecified atom stereocenters. The van der Waals surface area contributed by atoms with Crippen LogP contribution in [0.5, 0.6) is 0 Å². The lowest BCUT2D eigenvalue weighted by atomic mass is 10.2. The SMILES string of the molecule is CSCC[C@H](N)C(=O)N1CCNC(=O)CC1. The molecule has 16 heavy (non-hydrogen) atoms. The predicted octanol–water partition coefficient (Wildman–Crippen LogP) is -0.585. The van der Waals surface area contributed by atoms with E-state index in [1.165, 1.54) is 0 Å². The molecule has 2 amide bonds. The summed E-state index contributed by atoms with van der Waals surface area (Å²) in [5.41, 5.74) is 5.81. The van der Waals surface area contributed by atoms with Crippen LogP contribution in [0.2, 0.25) is 0 Å². The Bertz CT molecular complexity index is 260. The van der Waals surface area contributed by atoms with E-state index < -0.39 is 6.04 Å². The molecule has 1 heterocycles. The second-order valence-corrected chi connectivity index (χ2v) is 4.80. The first-order valence-corrected chi connectivity index (χ1v) is 6.84. The van der Waals surface area contributed by atoms with Crippen LogP contribution in [0.15, 0.2) is 0 Å². The van der Waals surface area contributed by atoms with Gasteiger partial charge in [-0.15, -0.1) is 0 Å². The van der Waals surface area contributed by atoms with E-state index in [-0.39, 0.29) is 11.8 Å². The van der Waals surface area contributed by atoms with Gasteiger partial charge in [0.2, 0.25) is 11.8 Å². The highest BCUT2D eigenvalue weighted by molar-refractivity contribution is 7.98. The fourth-order valence-corrected chi connectivity index (χ4v) is 2.08. The van der Waals surface area contributed by atoms with E-state index in [0.29, 0.717) is 32.5 Å². The van der Waals surface area contributed by atoms with Crippen molar-refractivity contribution in [3.05, 3.63) is 0 Å². The second-order valence-electron chi connectivity index (χ2n) is 3.81. The number of carbonyl (C=O) groups excluding carboxylic acids is 2. The lowest BCUT2D eigenvalue weighted by Crippen LogP contribution is -2.45. The van der Waals surface area contributed by atoms with E-state index in [0.717, 1.165) is 5.75 Å². The maximum Gasteiger partial charge on any atom is 0.239 e. The molecule has 1 rings (SSSR count). The minimum Gasteiger partial charge on any atom is -0.354 e. The van der Waals surface area contributed by atoms with Gasteiger partial charge in [0.1, 0.15) is 0 Å². The zero-order valence-electron chi connectivity index (χ0n) is 9.57. The van der Waals surface area contributed by atoms with Crippen molar-refractivity contribution in [3.63, 3.8) is 0 Å². The van der Waals surface area contributed by atoms with Crippen LogP contribution in [0, 0.1) is 0 Å². The van der Waals surface area contributed by atoms with Gasteiger partial charge >= 0.3 is 0 Å². The molecule has 0 saturated carbocycles. The van der Waals surface area contributed by atoms with Crippen LogP contribution < -0.4 is 11.1 Å². The fraction of sp³-hybridized carbons (Fsp3) is 0.800. The standard InChI is InChI=1S/C10H19N3O2S/c1-16-7-3-8(11)10(15)13-5-2-9(14)12-4-6-13/h8H,2-7,11H2,1H3,(H,12,14)/t8-/m0/s1. The molecule has 1 atom stereocenters. The van der Waals surface area contributed by atoms with Gasteiger partial charge in [-0.1, -0.05) is 0 Å². The molecule has 0 bridgehead atoms. The molecule has 92 valence electrons. The molecule has 0 aromatic rings. The first-order chi connectivity index (χ1) is 7.65. The quantitative estimate of drug-likeness (QED) is 0.694. The van der Waals surface area contributed by atoms with Gasteiger partial charge < -0.3 is 16.0 Å². The van der Waals surface area contributed by atoms with E-state index in [4.69, 9.17) is 5.73 Å². The molecule has 0 aliphatic carbocycles. The Kier molecular flexibility index (Phi) is 5.62.